The van der Waals surface area contributed by atoms with Gasteiger partial charge in [-0.05, 0) is 36.5 Å². The molecule has 3 rings (SSSR count). The summed E-state index contributed by atoms with van der Waals surface area (Å²) in [7, 11) is 0. The maximum Gasteiger partial charge on any atom is 0.122 e. The van der Waals surface area contributed by atoms with Gasteiger partial charge in [-0.25, -0.2) is 0 Å². The van der Waals surface area contributed by atoms with Gasteiger partial charge in [0.05, 0.1) is 11.8 Å². The van der Waals surface area contributed by atoms with E-state index >= 15 is 0 Å². The molecule has 2 aliphatic rings. The van der Waals surface area contributed by atoms with Crippen LogP contribution in [0.15, 0.2) is 18.3 Å². The Bertz CT molecular complexity index is 493. The fourth-order valence-corrected chi connectivity index (χ4v) is 3.54. The van der Waals surface area contributed by atoms with Gasteiger partial charge in [0.2, 0.25) is 0 Å². The molecule has 2 heterocycles. The highest BCUT2D eigenvalue weighted by atomic mass is 32.1. The van der Waals surface area contributed by atoms with Gasteiger partial charge in [0, 0.05) is 31.7 Å². The van der Waals surface area contributed by atoms with Gasteiger partial charge in [-0.2, -0.15) is 0 Å². The van der Waals surface area contributed by atoms with Crippen LogP contribution >= 0.6 is 12.2 Å². The fourth-order valence-electron chi connectivity index (χ4n) is 3.42. The minimum absolute atomic E-state index is 0.0976. The van der Waals surface area contributed by atoms with Gasteiger partial charge in [0.15, 0.2) is 0 Å². The zero-order valence-corrected chi connectivity index (χ0v) is 11.6. The zero-order valence-electron chi connectivity index (χ0n) is 10.8. The number of aliphatic hydroxyl groups is 1. The first-order valence-electron chi connectivity index (χ1n) is 6.78. The quantitative estimate of drug-likeness (QED) is 0.805. The van der Waals surface area contributed by atoms with Gasteiger partial charge in [-0.15, -0.1) is 0 Å². The van der Waals surface area contributed by atoms with Crippen LogP contribution in [0, 0.1) is 11.8 Å². The first kappa shape index (κ1) is 13.0. The lowest BCUT2D eigenvalue weighted by atomic mass is 10.00. The summed E-state index contributed by atoms with van der Waals surface area (Å²) in [5.74, 6) is 1.14. The number of rotatable bonds is 3. The van der Waals surface area contributed by atoms with E-state index in [0.717, 1.165) is 32.5 Å². The van der Waals surface area contributed by atoms with Crippen LogP contribution < -0.4 is 5.73 Å². The van der Waals surface area contributed by atoms with Crippen molar-refractivity contribution in [1.29, 1.82) is 0 Å². The molecule has 1 saturated carbocycles. The largest absolute Gasteiger partial charge is 0.393 e. The zero-order chi connectivity index (χ0) is 13.4. The number of fused-ring (bicyclic) bond motifs is 1. The number of nitrogens with two attached hydrogens (primary N) is 1. The predicted octanol–water partition coefficient (Wildman–Crippen LogP) is 0.919. The van der Waals surface area contributed by atoms with Crippen LogP contribution in [-0.4, -0.2) is 39.2 Å². The summed E-state index contributed by atoms with van der Waals surface area (Å²) < 4.78 is 0. The molecule has 3 atom stereocenters. The molecule has 3 N–H and O–H groups in total. The second-order valence-electron chi connectivity index (χ2n) is 5.68. The third-order valence-corrected chi connectivity index (χ3v) is 4.59. The van der Waals surface area contributed by atoms with Crippen LogP contribution in [0.2, 0.25) is 0 Å². The molecular weight excluding hydrogens is 258 g/mol. The Morgan fingerprint density at radius 1 is 1.47 bits per heavy atom. The second kappa shape index (κ2) is 5.15. The topological polar surface area (TPSA) is 62.4 Å². The van der Waals surface area contributed by atoms with Gasteiger partial charge in [-0.1, -0.05) is 12.2 Å². The van der Waals surface area contributed by atoms with Crippen molar-refractivity contribution in [3.63, 3.8) is 0 Å². The van der Waals surface area contributed by atoms with E-state index in [4.69, 9.17) is 18.0 Å². The number of pyridine rings is 1. The Kier molecular flexibility index (Phi) is 3.52. The first-order chi connectivity index (χ1) is 9.13. The number of hydrogen-bond acceptors (Lipinski definition) is 4. The number of hydrogen-bond donors (Lipinski definition) is 2. The molecule has 0 bridgehead atoms. The third-order valence-electron chi connectivity index (χ3n) is 4.38. The van der Waals surface area contributed by atoms with Crippen molar-refractivity contribution in [1.82, 2.24) is 9.88 Å². The number of aromatic nitrogens is 1. The highest BCUT2D eigenvalue weighted by Gasteiger charge is 2.41. The Balaban J connectivity index is 1.66. The van der Waals surface area contributed by atoms with E-state index in [1.54, 1.807) is 6.20 Å². The molecule has 0 radical (unpaired) electrons. The van der Waals surface area contributed by atoms with Crippen molar-refractivity contribution < 1.29 is 5.11 Å². The smallest absolute Gasteiger partial charge is 0.122 e. The third kappa shape index (κ3) is 2.63. The van der Waals surface area contributed by atoms with Gasteiger partial charge in [-0.3, -0.25) is 9.88 Å². The van der Waals surface area contributed by atoms with Gasteiger partial charge >= 0.3 is 0 Å². The molecule has 102 valence electrons. The molecular formula is C14H19N3OS. The summed E-state index contributed by atoms with van der Waals surface area (Å²) in [5, 5.41) is 9.93. The van der Waals surface area contributed by atoms with E-state index in [9.17, 15) is 5.11 Å². The van der Waals surface area contributed by atoms with E-state index in [0.29, 0.717) is 22.5 Å². The van der Waals surface area contributed by atoms with E-state index in [1.165, 1.54) is 5.56 Å². The van der Waals surface area contributed by atoms with Crippen LogP contribution in [0.1, 0.15) is 24.1 Å². The molecule has 4 nitrogen and oxygen atoms in total. The van der Waals surface area contributed by atoms with Gasteiger partial charge < -0.3 is 10.8 Å². The highest BCUT2D eigenvalue weighted by molar-refractivity contribution is 7.80. The molecule has 3 unspecified atom stereocenters. The Labute approximate surface area is 118 Å². The summed E-state index contributed by atoms with van der Waals surface area (Å²) in [6.07, 6.45) is 3.80. The van der Waals surface area contributed by atoms with Crippen LogP contribution in [0.25, 0.3) is 0 Å². The highest BCUT2D eigenvalue weighted by Crippen LogP contribution is 2.38. The standard InChI is InChI=1S/C14H19N3OS/c15-14(19)12-5-9(3-4-16-12)6-17-7-10-1-2-13(18)11(10)8-17/h3-5,10-11,13,18H,1-2,6-8H2,(H2,15,19). The molecule has 0 aromatic carbocycles. The average Bonchev–Trinajstić information content (AvgIpc) is 2.92. The maximum atomic E-state index is 9.93. The molecule has 0 spiro atoms. The van der Waals surface area contributed by atoms with E-state index < -0.39 is 0 Å². The number of aliphatic hydroxyl groups excluding tert-OH is 1. The fraction of sp³-hybridized carbons (Fsp3) is 0.571. The Hall–Kier alpha value is -1.04. The average molecular weight is 277 g/mol. The number of thiocarbonyl (C=S) groups is 1. The van der Waals surface area contributed by atoms with Crippen LogP contribution in [0.3, 0.4) is 0 Å². The van der Waals surface area contributed by atoms with Crippen molar-refractivity contribution in [3.8, 4) is 0 Å². The summed E-state index contributed by atoms with van der Waals surface area (Å²) in [6, 6.07) is 3.97. The lowest BCUT2D eigenvalue weighted by molar-refractivity contribution is 0.123. The number of nitrogens with zero attached hydrogens (tertiary/aromatic N) is 2. The lowest BCUT2D eigenvalue weighted by Gasteiger charge is -2.18. The summed E-state index contributed by atoms with van der Waals surface area (Å²) >= 11 is 4.95. The molecule has 1 aromatic rings. The van der Waals surface area contributed by atoms with Crippen molar-refractivity contribution in [2.24, 2.45) is 17.6 Å². The van der Waals surface area contributed by atoms with Crippen LogP contribution in [-0.2, 0) is 6.54 Å². The minimum Gasteiger partial charge on any atom is -0.393 e. The van der Waals surface area contributed by atoms with Crippen molar-refractivity contribution in [2.75, 3.05) is 13.1 Å². The van der Waals surface area contributed by atoms with E-state index in [-0.39, 0.29) is 6.10 Å². The SMILES string of the molecule is NC(=S)c1cc(CN2CC3CCC(O)C3C2)ccn1. The van der Waals surface area contributed by atoms with E-state index in [2.05, 4.69) is 9.88 Å². The molecule has 1 aliphatic carbocycles. The van der Waals surface area contributed by atoms with Crippen LogP contribution in [0.5, 0.6) is 0 Å². The van der Waals surface area contributed by atoms with Crippen LogP contribution in [0.4, 0.5) is 0 Å². The second-order valence-corrected chi connectivity index (χ2v) is 6.12. The monoisotopic (exact) mass is 277 g/mol. The summed E-state index contributed by atoms with van der Waals surface area (Å²) in [6.45, 7) is 2.97. The summed E-state index contributed by atoms with van der Waals surface area (Å²) in [4.78, 5) is 6.91. The molecule has 5 heteroatoms. The van der Waals surface area contributed by atoms with Crippen molar-refractivity contribution in [3.05, 3.63) is 29.6 Å². The van der Waals surface area contributed by atoms with Gasteiger partial charge in [0.25, 0.3) is 0 Å². The first-order valence-corrected chi connectivity index (χ1v) is 7.19. The molecule has 19 heavy (non-hydrogen) atoms. The molecule has 2 fully saturated rings. The van der Waals surface area contributed by atoms with E-state index in [1.807, 2.05) is 12.1 Å². The minimum atomic E-state index is -0.0976. The number of likely N-dealkylation sites (tertiary alicyclic amines) is 1. The molecule has 1 saturated heterocycles. The predicted molar refractivity (Wildman–Crippen MR) is 77.6 cm³/mol. The Morgan fingerprint density at radius 3 is 3.05 bits per heavy atom. The van der Waals surface area contributed by atoms with Crippen molar-refractivity contribution in [2.45, 2.75) is 25.5 Å². The molecule has 1 aromatic heterocycles. The molecule has 0 amide bonds. The summed E-state index contributed by atoms with van der Waals surface area (Å²) in [5.41, 5.74) is 7.48. The maximum absolute atomic E-state index is 9.93. The Morgan fingerprint density at radius 2 is 2.32 bits per heavy atom. The van der Waals surface area contributed by atoms with Crippen molar-refractivity contribution >= 4 is 17.2 Å². The normalized spacial score (nSPS) is 30.5. The lowest BCUT2D eigenvalue weighted by Crippen LogP contribution is -2.24. The molecule has 1 aliphatic heterocycles. The van der Waals surface area contributed by atoms with Gasteiger partial charge in [0.1, 0.15) is 4.99 Å².